The molecule has 25 heavy (non-hydrogen) atoms. The molecule has 0 aliphatic rings. The smallest absolute Gasteiger partial charge is 0.321 e. The molecule has 6 heteroatoms. The third kappa shape index (κ3) is 5.37. The lowest BCUT2D eigenvalue weighted by Gasteiger charge is -2.17. The fourth-order valence-electron chi connectivity index (χ4n) is 2.52. The Morgan fingerprint density at radius 3 is 2.56 bits per heavy atom. The molecule has 0 aliphatic carbocycles. The largest absolute Gasteiger partial charge is 0.491 e. The van der Waals surface area contributed by atoms with E-state index in [0.717, 1.165) is 11.1 Å². The summed E-state index contributed by atoms with van der Waals surface area (Å²) in [6, 6.07) is 12.4. The minimum absolute atomic E-state index is 0.355. The number of methoxy groups -OCH3 is 1. The van der Waals surface area contributed by atoms with Gasteiger partial charge < -0.3 is 19.9 Å². The summed E-state index contributed by atoms with van der Waals surface area (Å²) in [6.45, 7) is 2.71. The molecule has 0 spiro atoms. The van der Waals surface area contributed by atoms with Gasteiger partial charge in [-0.25, -0.2) is 0 Å². The van der Waals surface area contributed by atoms with Crippen LogP contribution in [0.25, 0.3) is 0 Å². The average Bonchev–Trinajstić information content (AvgIpc) is 2.59. The van der Waals surface area contributed by atoms with E-state index < -0.39 is 12.0 Å². The fraction of sp³-hybridized carbons (Fsp3) is 0.316. The number of hydrogen-bond donors (Lipinski definition) is 2. The zero-order valence-electron chi connectivity index (χ0n) is 14.3. The molecular formula is C19H22ClNO4. The highest BCUT2D eigenvalue weighted by molar-refractivity contribution is 6.32. The zero-order chi connectivity index (χ0) is 18.2. The van der Waals surface area contributed by atoms with Crippen molar-refractivity contribution in [3.63, 3.8) is 0 Å². The van der Waals surface area contributed by atoms with Gasteiger partial charge in [-0.15, -0.1) is 0 Å². The molecule has 2 aromatic carbocycles. The number of aliphatic carboxylic acids is 1. The number of carbonyl (C=O) groups is 1. The van der Waals surface area contributed by atoms with Crippen LogP contribution in [0.2, 0.25) is 5.02 Å². The van der Waals surface area contributed by atoms with Crippen LogP contribution < -0.4 is 14.8 Å². The van der Waals surface area contributed by atoms with E-state index in [1.165, 1.54) is 7.11 Å². The molecule has 0 heterocycles. The highest BCUT2D eigenvalue weighted by Gasteiger charge is 2.18. The lowest BCUT2D eigenvalue weighted by atomic mass is 10.1. The van der Waals surface area contributed by atoms with Crippen LogP contribution >= 0.6 is 11.6 Å². The summed E-state index contributed by atoms with van der Waals surface area (Å²) in [5.74, 6) is 0.129. The van der Waals surface area contributed by atoms with Gasteiger partial charge in [-0.1, -0.05) is 41.9 Å². The molecule has 5 nitrogen and oxygen atoms in total. The Morgan fingerprint density at radius 1 is 1.24 bits per heavy atom. The highest BCUT2D eigenvalue weighted by atomic mass is 35.5. The molecule has 0 unspecified atom stereocenters. The van der Waals surface area contributed by atoms with Crippen LogP contribution in [0.3, 0.4) is 0 Å². The third-order valence-electron chi connectivity index (χ3n) is 3.71. The first-order valence-corrected chi connectivity index (χ1v) is 8.42. The Hall–Kier alpha value is -2.24. The van der Waals surface area contributed by atoms with Crippen molar-refractivity contribution in [2.45, 2.75) is 25.9 Å². The monoisotopic (exact) mass is 363 g/mol. The minimum atomic E-state index is -0.895. The van der Waals surface area contributed by atoms with Gasteiger partial charge in [-0.3, -0.25) is 4.79 Å². The van der Waals surface area contributed by atoms with Crippen LogP contribution in [-0.4, -0.2) is 30.8 Å². The summed E-state index contributed by atoms with van der Waals surface area (Å²) in [5.41, 5.74) is 1.79. The molecular weight excluding hydrogens is 342 g/mol. The first-order valence-electron chi connectivity index (χ1n) is 8.04. The molecule has 0 saturated heterocycles. The van der Waals surface area contributed by atoms with Crippen LogP contribution in [0.4, 0.5) is 0 Å². The van der Waals surface area contributed by atoms with Gasteiger partial charge in [0, 0.05) is 6.54 Å². The molecule has 2 N–H and O–H groups in total. The van der Waals surface area contributed by atoms with E-state index in [1.807, 2.05) is 43.3 Å². The summed E-state index contributed by atoms with van der Waals surface area (Å²) in [7, 11) is 1.53. The van der Waals surface area contributed by atoms with Gasteiger partial charge in [0.15, 0.2) is 11.5 Å². The molecule has 1 atom stereocenters. The van der Waals surface area contributed by atoms with Crippen LogP contribution in [0.1, 0.15) is 18.1 Å². The average molecular weight is 364 g/mol. The molecule has 0 radical (unpaired) electrons. The van der Waals surface area contributed by atoms with Crippen LogP contribution in [0.15, 0.2) is 42.5 Å². The molecule has 2 aromatic rings. The summed E-state index contributed by atoms with van der Waals surface area (Å²) in [4.78, 5) is 11.5. The van der Waals surface area contributed by atoms with E-state index in [2.05, 4.69) is 5.32 Å². The molecule has 134 valence electrons. The van der Waals surface area contributed by atoms with Crippen molar-refractivity contribution < 1.29 is 19.4 Å². The Kier molecular flexibility index (Phi) is 7.10. The highest BCUT2D eigenvalue weighted by Crippen LogP contribution is 2.36. The Morgan fingerprint density at radius 2 is 1.96 bits per heavy atom. The van der Waals surface area contributed by atoms with E-state index >= 15 is 0 Å². The topological polar surface area (TPSA) is 67.8 Å². The second-order valence-electron chi connectivity index (χ2n) is 5.50. The number of carboxylic acid groups (broad SMARTS) is 1. The normalized spacial score (nSPS) is 11.8. The van der Waals surface area contributed by atoms with Gasteiger partial charge in [0.2, 0.25) is 0 Å². The maximum Gasteiger partial charge on any atom is 0.321 e. The number of hydrogen-bond acceptors (Lipinski definition) is 4. The zero-order valence-corrected chi connectivity index (χ0v) is 15.0. The van der Waals surface area contributed by atoms with E-state index in [1.54, 1.807) is 6.07 Å². The van der Waals surface area contributed by atoms with Gasteiger partial charge in [-0.05, 0) is 36.6 Å². The molecule has 2 rings (SSSR count). The van der Waals surface area contributed by atoms with Gasteiger partial charge in [-0.2, -0.15) is 0 Å². The van der Waals surface area contributed by atoms with Gasteiger partial charge in [0.1, 0.15) is 6.04 Å². The lowest BCUT2D eigenvalue weighted by Crippen LogP contribution is -2.38. The minimum Gasteiger partial charge on any atom is -0.491 e. The van der Waals surface area contributed by atoms with E-state index in [0.29, 0.717) is 36.1 Å². The summed E-state index contributed by atoms with van der Waals surface area (Å²) >= 11 is 6.23. The summed E-state index contributed by atoms with van der Waals surface area (Å²) in [6.07, 6.45) is 0.401. The van der Waals surface area contributed by atoms with Crippen molar-refractivity contribution >= 4 is 17.6 Å². The van der Waals surface area contributed by atoms with Crippen molar-refractivity contribution in [1.82, 2.24) is 5.32 Å². The predicted octanol–water partition coefficient (Wildman–Crippen LogP) is 3.53. The lowest BCUT2D eigenvalue weighted by molar-refractivity contribution is -0.139. The molecule has 0 fully saturated rings. The van der Waals surface area contributed by atoms with Crippen LogP contribution in [0, 0.1) is 0 Å². The van der Waals surface area contributed by atoms with Crippen LogP contribution in [0.5, 0.6) is 11.5 Å². The molecule has 0 aromatic heterocycles. The Labute approximate surface area is 152 Å². The molecule has 0 aliphatic heterocycles. The second-order valence-corrected chi connectivity index (χ2v) is 5.91. The quantitative estimate of drug-likeness (QED) is 0.713. The summed E-state index contributed by atoms with van der Waals surface area (Å²) < 4.78 is 10.8. The third-order valence-corrected chi connectivity index (χ3v) is 3.99. The second kappa shape index (κ2) is 9.30. The number of benzene rings is 2. The predicted molar refractivity (Wildman–Crippen MR) is 97.6 cm³/mol. The van der Waals surface area contributed by atoms with Crippen molar-refractivity contribution in [2.24, 2.45) is 0 Å². The number of nitrogens with one attached hydrogen (secondary N) is 1. The molecule has 0 bridgehead atoms. The van der Waals surface area contributed by atoms with Crippen molar-refractivity contribution in [3.05, 3.63) is 58.6 Å². The standard InChI is InChI=1S/C19H22ClNO4/c1-3-25-17-11-14(9-15(20)18(17)24-2)12-21-16(19(22)23)10-13-7-5-4-6-8-13/h4-9,11,16,21H,3,10,12H2,1-2H3,(H,22,23)/t16-/m1/s1. The van der Waals surface area contributed by atoms with Crippen molar-refractivity contribution in [3.8, 4) is 11.5 Å². The van der Waals surface area contributed by atoms with E-state index in [4.69, 9.17) is 21.1 Å². The first kappa shape index (κ1) is 19.1. The van der Waals surface area contributed by atoms with Crippen molar-refractivity contribution in [2.75, 3.05) is 13.7 Å². The fourth-order valence-corrected chi connectivity index (χ4v) is 2.83. The van der Waals surface area contributed by atoms with Gasteiger partial charge >= 0.3 is 5.97 Å². The number of carboxylic acids is 1. The number of rotatable bonds is 9. The van der Waals surface area contributed by atoms with E-state index in [9.17, 15) is 9.90 Å². The molecule has 0 amide bonds. The maximum atomic E-state index is 11.5. The summed E-state index contributed by atoms with van der Waals surface area (Å²) in [5, 5.41) is 12.9. The maximum absolute atomic E-state index is 11.5. The SMILES string of the molecule is CCOc1cc(CN[C@H](Cc2ccccc2)C(=O)O)cc(Cl)c1OC. The van der Waals surface area contributed by atoms with Crippen molar-refractivity contribution in [1.29, 1.82) is 0 Å². The molecule has 0 saturated carbocycles. The Balaban J connectivity index is 2.10. The van der Waals surface area contributed by atoms with Gasteiger partial charge in [0.05, 0.1) is 18.7 Å². The van der Waals surface area contributed by atoms with Gasteiger partial charge in [0.25, 0.3) is 0 Å². The Bertz CT molecular complexity index is 706. The number of halogens is 1. The first-order chi connectivity index (χ1) is 12.0. The number of ether oxygens (including phenoxy) is 2. The van der Waals surface area contributed by atoms with Crippen LogP contribution in [-0.2, 0) is 17.8 Å². The van der Waals surface area contributed by atoms with E-state index in [-0.39, 0.29) is 0 Å².